The van der Waals surface area contributed by atoms with E-state index in [1.807, 2.05) is 25.3 Å². The number of nitrogens with zero attached hydrogens (tertiary/aromatic N) is 2. The second-order valence-electron chi connectivity index (χ2n) is 3.91. The van der Waals surface area contributed by atoms with E-state index in [-0.39, 0.29) is 0 Å². The highest BCUT2D eigenvalue weighted by atomic mass is 79.9. The third-order valence-electron chi connectivity index (χ3n) is 2.57. The average molecular weight is 295 g/mol. The molecule has 0 aliphatic heterocycles. The van der Waals surface area contributed by atoms with Crippen LogP contribution in [0.15, 0.2) is 39.5 Å². The molecule has 2 heterocycles. The van der Waals surface area contributed by atoms with Gasteiger partial charge in [0.05, 0.1) is 17.3 Å². The molecule has 0 amide bonds. The molecule has 0 aromatic carbocycles. The normalized spacial score (nSPS) is 10.5. The van der Waals surface area contributed by atoms with E-state index in [4.69, 9.17) is 4.42 Å². The van der Waals surface area contributed by atoms with Crippen LogP contribution in [0, 0.1) is 6.92 Å². The van der Waals surface area contributed by atoms with Crippen LogP contribution in [0.2, 0.25) is 0 Å². The van der Waals surface area contributed by atoms with Crippen LogP contribution in [-0.2, 0) is 6.54 Å². The molecule has 2 aromatic rings. The lowest BCUT2D eigenvalue weighted by Crippen LogP contribution is -2.23. The number of aryl methyl sites for hydroxylation is 1. The molecule has 0 aliphatic carbocycles. The van der Waals surface area contributed by atoms with Gasteiger partial charge in [0.1, 0.15) is 11.6 Å². The first-order chi connectivity index (χ1) is 8.20. The molecular weight excluding hydrogens is 280 g/mol. The van der Waals surface area contributed by atoms with E-state index in [9.17, 15) is 0 Å². The van der Waals surface area contributed by atoms with Crippen molar-refractivity contribution in [2.45, 2.75) is 20.4 Å². The summed E-state index contributed by atoms with van der Waals surface area (Å²) in [5.74, 6) is 1.90. The monoisotopic (exact) mass is 294 g/mol. The van der Waals surface area contributed by atoms with Crippen LogP contribution in [0.25, 0.3) is 0 Å². The van der Waals surface area contributed by atoms with Crippen LogP contribution in [0.4, 0.5) is 5.82 Å². The lowest BCUT2D eigenvalue weighted by molar-refractivity contribution is 0.502. The zero-order valence-electron chi connectivity index (χ0n) is 9.98. The minimum atomic E-state index is 0.734. The summed E-state index contributed by atoms with van der Waals surface area (Å²) in [4.78, 5) is 6.64. The smallest absolute Gasteiger partial charge is 0.143 e. The van der Waals surface area contributed by atoms with Gasteiger partial charge >= 0.3 is 0 Å². The van der Waals surface area contributed by atoms with Crippen LogP contribution >= 0.6 is 15.9 Å². The molecule has 90 valence electrons. The lowest BCUT2D eigenvalue weighted by Gasteiger charge is -2.22. The highest BCUT2D eigenvalue weighted by Gasteiger charge is 2.11. The van der Waals surface area contributed by atoms with Gasteiger partial charge in [-0.15, -0.1) is 0 Å². The van der Waals surface area contributed by atoms with Crippen LogP contribution in [-0.4, -0.2) is 11.5 Å². The van der Waals surface area contributed by atoms with E-state index >= 15 is 0 Å². The Hall–Kier alpha value is -1.29. The summed E-state index contributed by atoms with van der Waals surface area (Å²) in [7, 11) is 0. The predicted octanol–water partition coefficient (Wildman–Crippen LogP) is 3.77. The lowest BCUT2D eigenvalue weighted by atomic mass is 10.3. The number of rotatable bonds is 4. The number of hydrogen-bond acceptors (Lipinski definition) is 3. The van der Waals surface area contributed by atoms with E-state index in [1.54, 1.807) is 6.26 Å². The average Bonchev–Trinajstić information content (AvgIpc) is 2.79. The molecule has 0 unspecified atom stereocenters. The molecule has 2 rings (SSSR count). The summed E-state index contributed by atoms with van der Waals surface area (Å²) in [6.07, 6.45) is 3.58. The Kier molecular flexibility index (Phi) is 3.84. The third kappa shape index (κ3) is 2.88. The molecule has 0 saturated heterocycles. The number of pyridine rings is 1. The zero-order chi connectivity index (χ0) is 12.3. The third-order valence-corrected chi connectivity index (χ3v) is 3.15. The van der Waals surface area contributed by atoms with Gasteiger partial charge in [0.15, 0.2) is 0 Å². The molecule has 0 fully saturated rings. The Bertz CT molecular complexity index is 482. The van der Waals surface area contributed by atoms with Gasteiger partial charge in [-0.2, -0.15) is 0 Å². The maximum absolute atomic E-state index is 5.37. The van der Waals surface area contributed by atoms with Crippen molar-refractivity contribution < 1.29 is 4.42 Å². The highest BCUT2D eigenvalue weighted by Crippen LogP contribution is 2.25. The predicted molar refractivity (Wildman–Crippen MR) is 72.1 cm³/mol. The fourth-order valence-corrected chi connectivity index (χ4v) is 2.40. The molecule has 0 N–H and O–H groups in total. The SMILES string of the molecule is CCN(Cc1ccco1)c1ncc(C)cc1Br. The number of anilines is 1. The van der Waals surface area contributed by atoms with E-state index < -0.39 is 0 Å². The minimum Gasteiger partial charge on any atom is -0.467 e. The van der Waals surface area contributed by atoms with Crippen molar-refractivity contribution >= 4 is 21.7 Å². The molecule has 4 heteroatoms. The van der Waals surface area contributed by atoms with Gasteiger partial charge in [0.25, 0.3) is 0 Å². The fraction of sp³-hybridized carbons (Fsp3) is 0.308. The van der Waals surface area contributed by atoms with Crippen molar-refractivity contribution in [1.29, 1.82) is 0 Å². The molecule has 0 aliphatic rings. The summed E-state index contributed by atoms with van der Waals surface area (Å²) in [5, 5.41) is 0. The molecule has 0 atom stereocenters. The Morgan fingerprint density at radius 1 is 1.47 bits per heavy atom. The van der Waals surface area contributed by atoms with Gasteiger partial charge < -0.3 is 9.32 Å². The first kappa shape index (κ1) is 12.2. The Morgan fingerprint density at radius 3 is 2.88 bits per heavy atom. The molecule has 0 bridgehead atoms. The Labute approximate surface area is 110 Å². The number of halogens is 1. The zero-order valence-corrected chi connectivity index (χ0v) is 11.6. The molecule has 3 nitrogen and oxygen atoms in total. The van der Waals surface area contributed by atoms with Crippen molar-refractivity contribution in [2.75, 3.05) is 11.4 Å². The fourth-order valence-electron chi connectivity index (χ4n) is 1.69. The topological polar surface area (TPSA) is 29.3 Å². The number of aromatic nitrogens is 1. The first-order valence-corrected chi connectivity index (χ1v) is 6.39. The van der Waals surface area contributed by atoms with Crippen molar-refractivity contribution in [3.8, 4) is 0 Å². The van der Waals surface area contributed by atoms with Crippen LogP contribution in [0.5, 0.6) is 0 Å². The van der Waals surface area contributed by atoms with E-state index in [0.29, 0.717) is 0 Å². The quantitative estimate of drug-likeness (QED) is 0.859. The summed E-state index contributed by atoms with van der Waals surface area (Å²) >= 11 is 3.56. The van der Waals surface area contributed by atoms with Gasteiger partial charge in [-0.1, -0.05) is 0 Å². The molecule has 17 heavy (non-hydrogen) atoms. The maximum atomic E-state index is 5.37. The number of hydrogen-bond donors (Lipinski definition) is 0. The maximum Gasteiger partial charge on any atom is 0.143 e. The van der Waals surface area contributed by atoms with Gasteiger partial charge in [-0.3, -0.25) is 0 Å². The van der Waals surface area contributed by atoms with Crippen LogP contribution < -0.4 is 4.90 Å². The largest absolute Gasteiger partial charge is 0.467 e. The second-order valence-corrected chi connectivity index (χ2v) is 4.77. The van der Waals surface area contributed by atoms with Gasteiger partial charge in [-0.25, -0.2) is 4.98 Å². The van der Waals surface area contributed by atoms with Gasteiger partial charge in [0.2, 0.25) is 0 Å². The van der Waals surface area contributed by atoms with Crippen molar-refractivity contribution in [3.05, 3.63) is 46.5 Å². The van der Waals surface area contributed by atoms with E-state index in [0.717, 1.165) is 34.7 Å². The minimum absolute atomic E-state index is 0.734. The highest BCUT2D eigenvalue weighted by molar-refractivity contribution is 9.10. The molecule has 0 radical (unpaired) electrons. The summed E-state index contributed by atoms with van der Waals surface area (Å²) in [6.45, 7) is 5.76. The Morgan fingerprint density at radius 2 is 2.29 bits per heavy atom. The standard InChI is InChI=1S/C13H15BrN2O/c1-3-16(9-11-5-4-6-17-11)13-12(14)7-10(2)8-15-13/h4-8H,3,9H2,1-2H3. The van der Waals surface area contributed by atoms with Crippen LogP contribution in [0.3, 0.4) is 0 Å². The van der Waals surface area contributed by atoms with E-state index in [2.05, 4.69) is 38.8 Å². The second kappa shape index (κ2) is 5.36. The Balaban J connectivity index is 2.23. The van der Waals surface area contributed by atoms with Crippen LogP contribution in [0.1, 0.15) is 18.2 Å². The summed E-state index contributed by atoms with van der Waals surface area (Å²) < 4.78 is 6.39. The number of furan rings is 1. The molecular formula is C13H15BrN2O. The van der Waals surface area contributed by atoms with Gasteiger partial charge in [-0.05, 0) is 53.5 Å². The first-order valence-electron chi connectivity index (χ1n) is 5.60. The van der Waals surface area contributed by atoms with Crippen molar-refractivity contribution in [2.24, 2.45) is 0 Å². The molecule has 2 aromatic heterocycles. The van der Waals surface area contributed by atoms with E-state index in [1.165, 1.54) is 0 Å². The van der Waals surface area contributed by atoms with Crippen molar-refractivity contribution in [1.82, 2.24) is 4.98 Å². The molecule has 0 saturated carbocycles. The summed E-state index contributed by atoms with van der Waals surface area (Å²) in [5.41, 5.74) is 1.15. The molecule has 0 spiro atoms. The van der Waals surface area contributed by atoms with Crippen molar-refractivity contribution in [3.63, 3.8) is 0 Å². The summed E-state index contributed by atoms with van der Waals surface area (Å²) in [6, 6.07) is 5.96. The van der Waals surface area contributed by atoms with Gasteiger partial charge in [0, 0.05) is 12.7 Å².